The molecular weight excluding hydrogens is 310 g/mol. The number of nitrogens with zero attached hydrogens (tertiary/aromatic N) is 4. The Morgan fingerprint density at radius 2 is 2.25 bits per heavy atom. The minimum Gasteiger partial charge on any atom is -0.448 e. The molecular formula is C16H21N5O3. The van der Waals surface area contributed by atoms with E-state index in [1.807, 2.05) is 0 Å². The molecule has 0 bridgehead atoms. The van der Waals surface area contributed by atoms with E-state index in [0.29, 0.717) is 12.4 Å². The monoisotopic (exact) mass is 331 g/mol. The first-order valence-corrected chi connectivity index (χ1v) is 8.06. The van der Waals surface area contributed by atoms with Gasteiger partial charge in [0.05, 0.1) is 0 Å². The van der Waals surface area contributed by atoms with E-state index >= 15 is 0 Å². The van der Waals surface area contributed by atoms with Gasteiger partial charge in [-0.1, -0.05) is 0 Å². The summed E-state index contributed by atoms with van der Waals surface area (Å²) < 4.78 is 6.40. The summed E-state index contributed by atoms with van der Waals surface area (Å²) in [7, 11) is 1.64. The fourth-order valence-electron chi connectivity index (χ4n) is 2.93. The summed E-state index contributed by atoms with van der Waals surface area (Å²) in [4.78, 5) is 29.8. The molecule has 2 aromatic rings. The quantitative estimate of drug-likeness (QED) is 0.893. The molecule has 1 fully saturated rings. The van der Waals surface area contributed by atoms with Gasteiger partial charge in [-0.2, -0.15) is 5.10 Å². The largest absolute Gasteiger partial charge is 0.448 e. The van der Waals surface area contributed by atoms with Crippen LogP contribution >= 0.6 is 0 Å². The molecule has 1 saturated heterocycles. The van der Waals surface area contributed by atoms with Crippen molar-refractivity contribution in [3.05, 3.63) is 40.3 Å². The molecule has 0 saturated carbocycles. The molecule has 1 unspecified atom stereocenters. The van der Waals surface area contributed by atoms with Crippen molar-refractivity contribution in [3.63, 3.8) is 0 Å². The van der Waals surface area contributed by atoms with Crippen LogP contribution in [0.15, 0.2) is 27.6 Å². The minimum atomic E-state index is -0.245. The van der Waals surface area contributed by atoms with E-state index in [4.69, 9.17) is 4.42 Å². The molecule has 0 aromatic carbocycles. The highest BCUT2D eigenvalue weighted by Crippen LogP contribution is 2.22. The molecule has 1 atom stereocenters. The first-order valence-electron chi connectivity index (χ1n) is 8.06. The van der Waals surface area contributed by atoms with Crippen molar-refractivity contribution in [2.45, 2.75) is 32.2 Å². The van der Waals surface area contributed by atoms with Gasteiger partial charge in [-0.05, 0) is 25.3 Å². The smallest absolute Gasteiger partial charge is 0.273 e. The standard InChI is InChI=1S/C16H21N5O3/c1-11-18-13(10-24-11)16(23)17-9-12-5-3-4-8-21(12)14-6-7-15(22)20(2)19-14/h6-7,10,12H,3-5,8-9H2,1-2H3,(H,17,23). The second-order valence-electron chi connectivity index (χ2n) is 5.96. The summed E-state index contributed by atoms with van der Waals surface area (Å²) >= 11 is 0. The maximum absolute atomic E-state index is 12.1. The molecule has 3 rings (SSSR count). The lowest BCUT2D eigenvalue weighted by molar-refractivity contribution is 0.0944. The number of anilines is 1. The van der Waals surface area contributed by atoms with Crippen LogP contribution in [0.3, 0.4) is 0 Å². The SMILES string of the molecule is Cc1nc(C(=O)NCC2CCCCN2c2ccc(=O)n(C)n2)co1. The van der Waals surface area contributed by atoms with E-state index in [1.54, 1.807) is 20.0 Å². The molecule has 1 aliphatic rings. The Morgan fingerprint density at radius 3 is 2.96 bits per heavy atom. The van der Waals surface area contributed by atoms with Gasteiger partial charge in [0.1, 0.15) is 12.1 Å². The van der Waals surface area contributed by atoms with Crippen LogP contribution in [0, 0.1) is 6.92 Å². The Labute approximate surface area is 139 Å². The average molecular weight is 331 g/mol. The molecule has 0 radical (unpaired) electrons. The molecule has 1 amide bonds. The van der Waals surface area contributed by atoms with E-state index < -0.39 is 0 Å². The summed E-state index contributed by atoms with van der Waals surface area (Å²) in [5, 5.41) is 7.23. The lowest BCUT2D eigenvalue weighted by Crippen LogP contribution is -2.47. The van der Waals surface area contributed by atoms with Crippen molar-refractivity contribution >= 4 is 11.7 Å². The molecule has 0 aliphatic carbocycles. The zero-order valence-electron chi connectivity index (χ0n) is 13.9. The normalized spacial score (nSPS) is 17.8. The third-order valence-electron chi connectivity index (χ3n) is 4.22. The van der Waals surface area contributed by atoms with Gasteiger partial charge in [-0.15, -0.1) is 0 Å². The highest BCUT2D eigenvalue weighted by molar-refractivity contribution is 5.91. The summed E-state index contributed by atoms with van der Waals surface area (Å²) in [6.07, 6.45) is 4.49. The number of amides is 1. The molecule has 0 spiro atoms. The van der Waals surface area contributed by atoms with Gasteiger partial charge in [0, 0.05) is 39.2 Å². The number of aryl methyl sites for hydroxylation is 2. The van der Waals surface area contributed by atoms with Crippen LogP contribution in [0.4, 0.5) is 5.82 Å². The number of carbonyl (C=O) groups is 1. The topological polar surface area (TPSA) is 93.3 Å². The van der Waals surface area contributed by atoms with Crippen molar-refractivity contribution in [1.29, 1.82) is 0 Å². The summed E-state index contributed by atoms with van der Waals surface area (Å²) in [6.45, 7) is 3.05. The number of oxazole rings is 1. The number of nitrogens with one attached hydrogen (secondary N) is 1. The summed E-state index contributed by atoms with van der Waals surface area (Å²) in [6, 6.07) is 3.40. The fourth-order valence-corrected chi connectivity index (χ4v) is 2.93. The number of hydrogen-bond acceptors (Lipinski definition) is 6. The predicted octanol–water partition coefficient (Wildman–Crippen LogP) is 0.866. The van der Waals surface area contributed by atoms with Crippen molar-refractivity contribution in [2.75, 3.05) is 18.0 Å². The molecule has 3 heterocycles. The van der Waals surface area contributed by atoms with E-state index in [1.165, 1.54) is 17.0 Å². The van der Waals surface area contributed by atoms with Crippen LogP contribution in [0.25, 0.3) is 0 Å². The second kappa shape index (κ2) is 6.86. The maximum Gasteiger partial charge on any atom is 0.273 e. The predicted molar refractivity (Wildman–Crippen MR) is 88.0 cm³/mol. The first-order chi connectivity index (χ1) is 11.5. The highest BCUT2D eigenvalue weighted by Gasteiger charge is 2.25. The van der Waals surface area contributed by atoms with Crippen LogP contribution in [0.2, 0.25) is 0 Å². The van der Waals surface area contributed by atoms with Gasteiger partial charge in [0.25, 0.3) is 11.5 Å². The molecule has 1 aliphatic heterocycles. The number of hydrogen-bond donors (Lipinski definition) is 1. The fraction of sp³-hybridized carbons (Fsp3) is 0.500. The number of piperidine rings is 1. The van der Waals surface area contributed by atoms with E-state index in [2.05, 4.69) is 20.3 Å². The van der Waals surface area contributed by atoms with E-state index in [0.717, 1.165) is 31.6 Å². The van der Waals surface area contributed by atoms with Crippen LogP contribution in [-0.4, -0.2) is 39.8 Å². The van der Waals surface area contributed by atoms with Gasteiger partial charge in [-0.25, -0.2) is 9.67 Å². The zero-order valence-corrected chi connectivity index (χ0v) is 13.9. The Morgan fingerprint density at radius 1 is 1.42 bits per heavy atom. The van der Waals surface area contributed by atoms with Crippen LogP contribution < -0.4 is 15.8 Å². The van der Waals surface area contributed by atoms with Crippen molar-refractivity contribution < 1.29 is 9.21 Å². The van der Waals surface area contributed by atoms with Gasteiger partial charge >= 0.3 is 0 Å². The third kappa shape index (κ3) is 3.47. The number of aromatic nitrogens is 3. The Balaban J connectivity index is 1.69. The number of carbonyl (C=O) groups excluding carboxylic acids is 1. The van der Waals surface area contributed by atoms with Gasteiger partial charge in [-0.3, -0.25) is 9.59 Å². The third-order valence-corrected chi connectivity index (χ3v) is 4.22. The zero-order chi connectivity index (χ0) is 17.1. The molecule has 2 aromatic heterocycles. The van der Waals surface area contributed by atoms with Gasteiger partial charge in [0.2, 0.25) is 0 Å². The first kappa shape index (κ1) is 16.2. The molecule has 8 heteroatoms. The molecule has 128 valence electrons. The van der Waals surface area contributed by atoms with Crippen molar-refractivity contribution in [1.82, 2.24) is 20.1 Å². The van der Waals surface area contributed by atoms with Crippen LogP contribution in [0.5, 0.6) is 0 Å². The molecule has 1 N–H and O–H groups in total. The van der Waals surface area contributed by atoms with Gasteiger partial charge < -0.3 is 14.6 Å². The van der Waals surface area contributed by atoms with E-state index in [-0.39, 0.29) is 23.2 Å². The Bertz CT molecular complexity index is 782. The molecule has 8 nitrogen and oxygen atoms in total. The second-order valence-corrected chi connectivity index (χ2v) is 5.96. The number of rotatable bonds is 4. The van der Waals surface area contributed by atoms with Crippen LogP contribution in [0.1, 0.15) is 35.6 Å². The summed E-state index contributed by atoms with van der Waals surface area (Å²) in [5.41, 5.74) is 0.150. The highest BCUT2D eigenvalue weighted by atomic mass is 16.3. The van der Waals surface area contributed by atoms with Gasteiger partial charge in [0.15, 0.2) is 11.6 Å². The maximum atomic E-state index is 12.1. The van der Waals surface area contributed by atoms with Crippen molar-refractivity contribution in [3.8, 4) is 0 Å². The van der Waals surface area contributed by atoms with E-state index in [9.17, 15) is 9.59 Å². The minimum absolute atomic E-state index is 0.137. The lowest BCUT2D eigenvalue weighted by atomic mass is 10.0. The van der Waals surface area contributed by atoms with Crippen molar-refractivity contribution in [2.24, 2.45) is 7.05 Å². The lowest BCUT2D eigenvalue weighted by Gasteiger charge is -2.36. The Hall–Kier alpha value is -2.64. The Kier molecular flexibility index (Phi) is 4.64. The summed E-state index contributed by atoms with van der Waals surface area (Å²) in [5.74, 6) is 0.980. The average Bonchev–Trinajstić information content (AvgIpc) is 3.02. The molecule has 24 heavy (non-hydrogen) atoms. The van der Waals surface area contributed by atoms with Crippen LogP contribution in [-0.2, 0) is 7.05 Å².